The summed E-state index contributed by atoms with van der Waals surface area (Å²) in [7, 11) is 0. The Hall–Kier alpha value is -2.23. The third-order valence-electron chi connectivity index (χ3n) is 2.02. The van der Waals surface area contributed by atoms with Gasteiger partial charge in [-0.05, 0) is 19.1 Å². The molecular weight excluding hydrogens is 263 g/mol. The SMILES string of the molecule is CC(Oc1ccccc1C#N)C(=O)OCC(F)(F)F. The van der Waals surface area contributed by atoms with Crippen LogP contribution in [0.4, 0.5) is 13.2 Å². The predicted octanol–water partition coefficient (Wildman–Crippen LogP) is 2.43. The van der Waals surface area contributed by atoms with E-state index in [1.54, 1.807) is 12.1 Å². The molecule has 0 N–H and O–H groups in total. The van der Waals surface area contributed by atoms with Gasteiger partial charge in [-0.25, -0.2) is 4.79 Å². The second-order valence-corrected chi connectivity index (χ2v) is 3.59. The normalized spacial score (nSPS) is 12.4. The fourth-order valence-corrected chi connectivity index (χ4v) is 1.17. The number of halogens is 3. The number of hydrogen-bond donors (Lipinski definition) is 0. The summed E-state index contributed by atoms with van der Waals surface area (Å²) in [5.74, 6) is -1.04. The van der Waals surface area contributed by atoms with Crippen molar-refractivity contribution >= 4 is 5.97 Å². The van der Waals surface area contributed by atoms with E-state index >= 15 is 0 Å². The average molecular weight is 273 g/mol. The summed E-state index contributed by atoms with van der Waals surface area (Å²) in [6.45, 7) is -0.424. The van der Waals surface area contributed by atoms with Crippen LogP contribution in [0, 0.1) is 11.3 Å². The van der Waals surface area contributed by atoms with E-state index in [0.717, 1.165) is 0 Å². The number of nitrogens with zero attached hydrogens (tertiary/aromatic N) is 1. The maximum absolute atomic E-state index is 11.9. The number of carbonyl (C=O) groups excluding carboxylic acids is 1. The lowest BCUT2D eigenvalue weighted by Crippen LogP contribution is -2.30. The van der Waals surface area contributed by atoms with Crippen LogP contribution in [0.25, 0.3) is 0 Å². The number of hydrogen-bond acceptors (Lipinski definition) is 4. The van der Waals surface area contributed by atoms with Crippen LogP contribution >= 0.6 is 0 Å². The maximum Gasteiger partial charge on any atom is 0.422 e. The van der Waals surface area contributed by atoms with Gasteiger partial charge in [-0.2, -0.15) is 18.4 Å². The van der Waals surface area contributed by atoms with Crippen molar-refractivity contribution in [3.8, 4) is 11.8 Å². The molecule has 1 rings (SSSR count). The van der Waals surface area contributed by atoms with Crippen molar-refractivity contribution in [3.63, 3.8) is 0 Å². The standard InChI is InChI=1S/C12H10F3NO3/c1-8(11(17)18-7-12(13,14)15)19-10-5-3-2-4-9(10)6-16/h2-5,8H,7H2,1H3. The molecule has 0 aliphatic heterocycles. The van der Waals surface area contributed by atoms with Crippen LogP contribution in [-0.2, 0) is 9.53 Å². The zero-order valence-corrected chi connectivity index (χ0v) is 9.90. The molecule has 0 radical (unpaired) electrons. The minimum atomic E-state index is -4.58. The van der Waals surface area contributed by atoms with Crippen LogP contribution in [0.15, 0.2) is 24.3 Å². The minimum Gasteiger partial charge on any atom is -0.478 e. The molecule has 0 aliphatic rings. The lowest BCUT2D eigenvalue weighted by atomic mass is 10.2. The van der Waals surface area contributed by atoms with Crippen molar-refractivity contribution in [1.82, 2.24) is 0 Å². The first-order chi connectivity index (χ1) is 8.83. The summed E-state index contributed by atoms with van der Waals surface area (Å²) in [5.41, 5.74) is 0.179. The highest BCUT2D eigenvalue weighted by molar-refractivity contribution is 5.74. The third-order valence-corrected chi connectivity index (χ3v) is 2.02. The highest BCUT2D eigenvalue weighted by Gasteiger charge is 2.31. The number of para-hydroxylation sites is 1. The molecule has 0 amide bonds. The number of carbonyl (C=O) groups is 1. The molecule has 0 aliphatic carbocycles. The fraction of sp³-hybridized carbons (Fsp3) is 0.333. The molecular formula is C12H10F3NO3. The van der Waals surface area contributed by atoms with Crippen LogP contribution in [0.1, 0.15) is 12.5 Å². The van der Waals surface area contributed by atoms with E-state index in [2.05, 4.69) is 4.74 Å². The number of ether oxygens (including phenoxy) is 2. The Labute approximate surface area is 107 Å². The topological polar surface area (TPSA) is 59.3 Å². The van der Waals surface area contributed by atoms with E-state index in [9.17, 15) is 18.0 Å². The number of nitriles is 1. The van der Waals surface area contributed by atoms with Crippen LogP contribution < -0.4 is 4.74 Å². The Balaban J connectivity index is 2.62. The van der Waals surface area contributed by atoms with E-state index in [1.807, 2.05) is 6.07 Å². The summed E-state index contributed by atoms with van der Waals surface area (Å²) in [6, 6.07) is 7.91. The van der Waals surface area contributed by atoms with Crippen LogP contribution in [0.5, 0.6) is 5.75 Å². The zero-order chi connectivity index (χ0) is 14.5. The van der Waals surface area contributed by atoms with Crippen molar-refractivity contribution in [2.45, 2.75) is 19.2 Å². The van der Waals surface area contributed by atoms with Crippen LogP contribution in [0.3, 0.4) is 0 Å². The molecule has 0 spiro atoms. The monoisotopic (exact) mass is 273 g/mol. The molecule has 1 atom stereocenters. The molecule has 0 heterocycles. The zero-order valence-electron chi connectivity index (χ0n) is 9.90. The van der Waals surface area contributed by atoms with Gasteiger partial charge in [0.05, 0.1) is 5.56 Å². The van der Waals surface area contributed by atoms with Gasteiger partial charge in [0.1, 0.15) is 11.8 Å². The second-order valence-electron chi connectivity index (χ2n) is 3.59. The molecule has 0 saturated carbocycles. The van der Waals surface area contributed by atoms with Crippen molar-refractivity contribution in [3.05, 3.63) is 29.8 Å². The Bertz CT molecular complexity index is 494. The number of alkyl halides is 3. The first-order valence-corrected chi connectivity index (χ1v) is 5.22. The molecule has 1 aromatic carbocycles. The minimum absolute atomic E-state index is 0.112. The molecule has 0 aromatic heterocycles. The average Bonchev–Trinajstić information content (AvgIpc) is 2.35. The van der Waals surface area contributed by atoms with E-state index in [0.29, 0.717) is 0 Å². The Morgan fingerprint density at radius 2 is 2.05 bits per heavy atom. The molecule has 7 heteroatoms. The van der Waals surface area contributed by atoms with Crippen molar-refractivity contribution in [2.75, 3.05) is 6.61 Å². The molecule has 1 aromatic rings. The highest BCUT2D eigenvalue weighted by Crippen LogP contribution is 2.19. The number of benzene rings is 1. The summed E-state index contributed by atoms with van der Waals surface area (Å²) in [5, 5.41) is 8.79. The van der Waals surface area contributed by atoms with E-state index in [-0.39, 0.29) is 11.3 Å². The Morgan fingerprint density at radius 3 is 2.63 bits per heavy atom. The summed E-state index contributed by atoms with van der Waals surface area (Å²) in [4.78, 5) is 11.3. The van der Waals surface area contributed by atoms with Gasteiger partial charge in [-0.1, -0.05) is 12.1 Å². The van der Waals surface area contributed by atoms with Crippen LogP contribution in [0.2, 0.25) is 0 Å². The quantitative estimate of drug-likeness (QED) is 0.790. The maximum atomic E-state index is 11.9. The summed E-state index contributed by atoms with van der Waals surface area (Å²) >= 11 is 0. The van der Waals surface area contributed by atoms with Gasteiger partial charge >= 0.3 is 12.1 Å². The van der Waals surface area contributed by atoms with Gasteiger partial charge in [0.2, 0.25) is 0 Å². The molecule has 102 valence electrons. The summed E-state index contributed by atoms with van der Waals surface area (Å²) < 4.78 is 44.7. The molecule has 0 bridgehead atoms. The summed E-state index contributed by atoms with van der Waals surface area (Å²) in [6.07, 6.45) is -5.82. The second kappa shape index (κ2) is 6.09. The van der Waals surface area contributed by atoms with E-state index in [1.165, 1.54) is 19.1 Å². The number of rotatable bonds is 4. The predicted molar refractivity (Wildman–Crippen MR) is 58.3 cm³/mol. The lowest BCUT2D eigenvalue weighted by molar-refractivity contribution is -0.190. The van der Waals surface area contributed by atoms with Crippen LogP contribution in [-0.4, -0.2) is 24.9 Å². The van der Waals surface area contributed by atoms with E-state index in [4.69, 9.17) is 10.00 Å². The molecule has 19 heavy (non-hydrogen) atoms. The van der Waals surface area contributed by atoms with Gasteiger partial charge < -0.3 is 9.47 Å². The highest BCUT2D eigenvalue weighted by atomic mass is 19.4. The van der Waals surface area contributed by atoms with Gasteiger partial charge in [0.25, 0.3) is 0 Å². The third kappa shape index (κ3) is 4.87. The Morgan fingerprint density at radius 1 is 1.42 bits per heavy atom. The smallest absolute Gasteiger partial charge is 0.422 e. The van der Waals surface area contributed by atoms with Crippen molar-refractivity contribution in [1.29, 1.82) is 5.26 Å². The van der Waals surface area contributed by atoms with E-state index < -0.39 is 24.9 Å². The molecule has 0 fully saturated rings. The molecule has 4 nitrogen and oxygen atoms in total. The molecule has 1 unspecified atom stereocenters. The van der Waals surface area contributed by atoms with Gasteiger partial charge in [0.15, 0.2) is 12.7 Å². The Kier molecular flexibility index (Phi) is 4.75. The number of esters is 1. The van der Waals surface area contributed by atoms with Gasteiger partial charge in [-0.15, -0.1) is 0 Å². The first-order valence-electron chi connectivity index (χ1n) is 5.22. The lowest BCUT2D eigenvalue weighted by Gasteiger charge is -2.15. The fourth-order valence-electron chi connectivity index (χ4n) is 1.17. The van der Waals surface area contributed by atoms with Crippen molar-refractivity contribution < 1.29 is 27.4 Å². The van der Waals surface area contributed by atoms with Gasteiger partial charge in [0, 0.05) is 0 Å². The first kappa shape index (κ1) is 14.8. The molecule has 0 saturated heterocycles. The van der Waals surface area contributed by atoms with Gasteiger partial charge in [-0.3, -0.25) is 0 Å². The van der Waals surface area contributed by atoms with Crippen molar-refractivity contribution in [2.24, 2.45) is 0 Å². The largest absolute Gasteiger partial charge is 0.478 e.